The molecule has 0 saturated heterocycles. The number of carboxylic acids is 1. The van der Waals surface area contributed by atoms with Gasteiger partial charge in [0.1, 0.15) is 5.76 Å². The third kappa shape index (κ3) is 3.08. The largest absolute Gasteiger partial charge is 0.475 e. The molecule has 19 heavy (non-hydrogen) atoms. The smallest absolute Gasteiger partial charge is 0.372 e. The number of aromatic nitrogens is 2. The monoisotopic (exact) mass is 278 g/mol. The Bertz CT molecular complexity index is 606. The van der Waals surface area contributed by atoms with Crippen LogP contribution in [0, 0.1) is 0 Å². The van der Waals surface area contributed by atoms with Crippen molar-refractivity contribution in [2.75, 3.05) is 0 Å². The number of carboxylic acid groups (broad SMARTS) is 1. The fourth-order valence-corrected chi connectivity index (χ4v) is 1.91. The second-order valence-corrected chi connectivity index (χ2v) is 5.72. The van der Waals surface area contributed by atoms with Gasteiger partial charge in [0.25, 0.3) is 0 Å². The van der Waals surface area contributed by atoms with E-state index in [2.05, 4.69) is 9.59 Å². The van der Waals surface area contributed by atoms with E-state index >= 15 is 0 Å². The average Bonchev–Trinajstić information content (AvgIpc) is 2.94. The van der Waals surface area contributed by atoms with E-state index in [0.29, 0.717) is 17.0 Å². The van der Waals surface area contributed by atoms with Crippen molar-refractivity contribution in [3.05, 3.63) is 34.2 Å². The Morgan fingerprint density at radius 3 is 2.68 bits per heavy atom. The van der Waals surface area contributed by atoms with Gasteiger partial charge in [-0.15, -0.1) is 5.10 Å². The van der Waals surface area contributed by atoms with Crippen molar-refractivity contribution in [3.63, 3.8) is 0 Å². The van der Waals surface area contributed by atoms with Gasteiger partial charge in [-0.25, -0.2) is 4.79 Å². The van der Waals surface area contributed by atoms with Crippen LogP contribution in [0.2, 0.25) is 0 Å². The summed E-state index contributed by atoms with van der Waals surface area (Å²) < 4.78 is 9.16. The van der Waals surface area contributed by atoms with E-state index in [1.165, 1.54) is 11.5 Å². The fourth-order valence-electron chi connectivity index (χ4n) is 1.49. The zero-order valence-electron chi connectivity index (χ0n) is 10.9. The van der Waals surface area contributed by atoms with E-state index in [1.807, 2.05) is 20.8 Å². The molecule has 1 N–H and O–H groups in total. The van der Waals surface area contributed by atoms with E-state index < -0.39 is 5.97 Å². The number of nitrogens with zero attached hydrogens (tertiary/aromatic N) is 2. The molecule has 0 aliphatic heterocycles. The van der Waals surface area contributed by atoms with Crippen LogP contribution in [-0.4, -0.2) is 20.7 Å². The Hall–Kier alpha value is -1.95. The molecule has 100 valence electrons. The van der Waals surface area contributed by atoms with Crippen LogP contribution in [0.5, 0.6) is 0 Å². The van der Waals surface area contributed by atoms with Gasteiger partial charge in [-0.1, -0.05) is 25.3 Å². The van der Waals surface area contributed by atoms with Crippen molar-refractivity contribution >= 4 is 29.7 Å². The van der Waals surface area contributed by atoms with Crippen molar-refractivity contribution in [3.8, 4) is 0 Å². The zero-order valence-corrected chi connectivity index (χ0v) is 11.7. The Morgan fingerprint density at radius 1 is 1.42 bits per heavy atom. The Kier molecular flexibility index (Phi) is 3.53. The van der Waals surface area contributed by atoms with Crippen molar-refractivity contribution < 1.29 is 14.3 Å². The third-order valence-electron chi connectivity index (χ3n) is 2.50. The molecule has 2 heterocycles. The molecule has 0 radical (unpaired) electrons. The number of aromatic carboxylic acids is 1. The highest BCUT2D eigenvalue weighted by Gasteiger charge is 2.23. The minimum atomic E-state index is -1.08. The second kappa shape index (κ2) is 4.97. The van der Waals surface area contributed by atoms with Gasteiger partial charge in [-0.05, 0) is 29.8 Å². The number of rotatable bonds is 3. The fraction of sp³-hybridized carbons (Fsp3) is 0.308. The highest BCUT2D eigenvalue weighted by atomic mass is 32.1. The minimum Gasteiger partial charge on any atom is -0.475 e. The molecule has 0 aliphatic rings. The molecule has 0 unspecified atom stereocenters. The van der Waals surface area contributed by atoms with Gasteiger partial charge in [-0.3, -0.25) is 0 Å². The van der Waals surface area contributed by atoms with E-state index in [0.717, 1.165) is 0 Å². The lowest BCUT2D eigenvalue weighted by atomic mass is 9.93. The van der Waals surface area contributed by atoms with Gasteiger partial charge in [0.05, 0.1) is 5.69 Å². The van der Waals surface area contributed by atoms with Crippen LogP contribution >= 0.6 is 11.5 Å². The first-order valence-corrected chi connectivity index (χ1v) is 6.54. The summed E-state index contributed by atoms with van der Waals surface area (Å²) in [4.78, 5) is 11.2. The van der Waals surface area contributed by atoms with Crippen LogP contribution < -0.4 is 0 Å². The molecule has 0 bridgehead atoms. The summed E-state index contributed by atoms with van der Waals surface area (Å²) in [5.74, 6) is -0.489. The molecule has 2 aromatic heterocycles. The minimum absolute atomic E-state index is 0.0515. The highest BCUT2D eigenvalue weighted by Crippen LogP contribution is 2.28. The zero-order chi connectivity index (χ0) is 14.0. The lowest BCUT2D eigenvalue weighted by molar-refractivity contribution is 0.0658. The van der Waals surface area contributed by atoms with Crippen LogP contribution in [0.15, 0.2) is 15.9 Å². The first-order valence-electron chi connectivity index (χ1n) is 5.70. The summed E-state index contributed by atoms with van der Waals surface area (Å²) in [6.45, 7) is 5.90. The molecule has 0 saturated carbocycles. The van der Waals surface area contributed by atoms with Crippen molar-refractivity contribution in [2.45, 2.75) is 26.2 Å². The normalized spacial score (nSPS) is 12.2. The van der Waals surface area contributed by atoms with Gasteiger partial charge in [0.2, 0.25) is 5.76 Å². The average molecular weight is 278 g/mol. The summed E-state index contributed by atoms with van der Waals surface area (Å²) in [5, 5.41) is 14.8. The van der Waals surface area contributed by atoms with Crippen molar-refractivity contribution in [2.24, 2.45) is 0 Å². The molecule has 6 heteroatoms. The first kappa shape index (κ1) is 13.5. The SMILES string of the molecule is CC(C)(C)c1cc(/C=C/c2csnn2)c(C(=O)O)o1. The van der Waals surface area contributed by atoms with Crippen LogP contribution in [0.1, 0.15) is 48.3 Å². The van der Waals surface area contributed by atoms with E-state index in [1.54, 1.807) is 23.6 Å². The van der Waals surface area contributed by atoms with Crippen LogP contribution in [0.25, 0.3) is 12.2 Å². The summed E-state index contributed by atoms with van der Waals surface area (Å²) >= 11 is 1.24. The van der Waals surface area contributed by atoms with Crippen LogP contribution in [0.3, 0.4) is 0 Å². The molecule has 0 fully saturated rings. The summed E-state index contributed by atoms with van der Waals surface area (Å²) in [7, 11) is 0. The van der Waals surface area contributed by atoms with Gasteiger partial charge >= 0.3 is 5.97 Å². The molecular formula is C13H14N2O3S. The van der Waals surface area contributed by atoms with Gasteiger partial charge in [-0.2, -0.15) is 0 Å². The molecule has 2 aromatic rings. The predicted octanol–water partition coefficient (Wildman–Crippen LogP) is 3.30. The number of hydrogen-bond acceptors (Lipinski definition) is 5. The summed E-state index contributed by atoms with van der Waals surface area (Å²) in [6, 6.07) is 1.75. The Labute approximate surface area is 114 Å². The third-order valence-corrected chi connectivity index (χ3v) is 3.03. The molecule has 0 aromatic carbocycles. The van der Waals surface area contributed by atoms with Gasteiger partial charge in [0, 0.05) is 16.4 Å². The van der Waals surface area contributed by atoms with E-state index in [9.17, 15) is 4.79 Å². The lowest BCUT2D eigenvalue weighted by Gasteiger charge is -2.13. The molecule has 5 nitrogen and oxygen atoms in total. The molecule has 2 rings (SSSR count). The maximum Gasteiger partial charge on any atom is 0.372 e. The maximum atomic E-state index is 11.2. The molecule has 0 atom stereocenters. The predicted molar refractivity (Wildman–Crippen MR) is 73.2 cm³/mol. The van der Waals surface area contributed by atoms with Crippen LogP contribution in [0.4, 0.5) is 0 Å². The molecule has 0 aliphatic carbocycles. The molecule has 0 amide bonds. The second-order valence-electron chi connectivity index (χ2n) is 5.11. The van der Waals surface area contributed by atoms with E-state index in [-0.39, 0.29) is 11.2 Å². The van der Waals surface area contributed by atoms with E-state index in [4.69, 9.17) is 9.52 Å². The van der Waals surface area contributed by atoms with Crippen LogP contribution in [-0.2, 0) is 5.41 Å². The lowest BCUT2D eigenvalue weighted by Crippen LogP contribution is -2.09. The number of carbonyl (C=O) groups is 1. The first-order chi connectivity index (χ1) is 8.88. The topological polar surface area (TPSA) is 76.2 Å². The van der Waals surface area contributed by atoms with Gasteiger partial charge < -0.3 is 9.52 Å². The summed E-state index contributed by atoms with van der Waals surface area (Å²) in [6.07, 6.45) is 3.40. The van der Waals surface area contributed by atoms with Gasteiger partial charge in [0.15, 0.2) is 0 Å². The number of hydrogen-bond donors (Lipinski definition) is 1. The molecule has 0 spiro atoms. The maximum absolute atomic E-state index is 11.2. The standard InChI is InChI=1S/C13H14N2O3S/c1-13(2,3)10-6-8(11(18-10)12(16)17)4-5-9-7-19-15-14-9/h4-7H,1-3H3,(H,16,17)/b5-4+. The summed E-state index contributed by atoms with van der Waals surface area (Å²) in [5.41, 5.74) is 0.989. The Balaban J connectivity index is 2.38. The van der Waals surface area contributed by atoms with Crippen molar-refractivity contribution in [1.29, 1.82) is 0 Å². The quantitative estimate of drug-likeness (QED) is 0.932. The number of furan rings is 1. The highest BCUT2D eigenvalue weighted by molar-refractivity contribution is 7.03. The van der Waals surface area contributed by atoms with Crippen molar-refractivity contribution in [1.82, 2.24) is 9.59 Å². The Morgan fingerprint density at radius 2 is 2.16 bits per heavy atom. The molecular weight excluding hydrogens is 264 g/mol.